The van der Waals surface area contributed by atoms with Gasteiger partial charge in [0.05, 0.1) is 0 Å². The fourth-order valence-corrected chi connectivity index (χ4v) is 3.54. The highest BCUT2D eigenvalue weighted by atomic mass is 35.5. The van der Waals surface area contributed by atoms with Crippen molar-refractivity contribution in [2.24, 2.45) is 0 Å². The highest BCUT2D eigenvalue weighted by Gasteiger charge is 2.73. The molecule has 2 unspecified atom stereocenters. The number of ether oxygens (including phenoxy) is 1. The molecule has 3 rings (SSSR count). The molecule has 0 spiro atoms. The van der Waals surface area contributed by atoms with E-state index < -0.39 is 35.9 Å². The summed E-state index contributed by atoms with van der Waals surface area (Å²) in [4.78, 5) is 11.3. The maximum Gasteiger partial charge on any atom is 0.435 e. The molecule has 3 nitrogen and oxygen atoms in total. The van der Waals surface area contributed by atoms with Gasteiger partial charge in [-0.05, 0) is 24.6 Å². The van der Waals surface area contributed by atoms with Gasteiger partial charge in [-0.1, -0.05) is 35.9 Å². The van der Waals surface area contributed by atoms with Crippen LogP contribution in [-0.2, 0) is 15.2 Å². The van der Waals surface area contributed by atoms with Gasteiger partial charge in [-0.3, -0.25) is 0 Å². The summed E-state index contributed by atoms with van der Waals surface area (Å²) in [5.74, 6) is 0. The number of halogens is 8. The normalized spacial score (nSPS) is 19.5. The lowest BCUT2D eigenvalue weighted by Crippen LogP contribution is -2.50. The van der Waals surface area contributed by atoms with Gasteiger partial charge < -0.3 is 14.8 Å². The molecule has 2 aromatic rings. The van der Waals surface area contributed by atoms with Gasteiger partial charge in [0.2, 0.25) is 0 Å². The predicted molar refractivity (Wildman–Crippen MR) is 93.8 cm³/mol. The number of carbonyl (C=O) groups is 1. The number of alkyl halides is 7. The van der Waals surface area contributed by atoms with Gasteiger partial charge in [0.15, 0.2) is 12.5 Å². The van der Waals surface area contributed by atoms with Crippen LogP contribution in [0.15, 0.2) is 36.4 Å². The summed E-state index contributed by atoms with van der Waals surface area (Å²) in [6.07, 6.45) is -13.8. The molecule has 1 heterocycles. The number of aryl methyl sites for hydroxylation is 1. The Labute approximate surface area is 170 Å². The minimum absolute atomic E-state index is 0.0907. The summed E-state index contributed by atoms with van der Waals surface area (Å²) < 4.78 is 97.5. The van der Waals surface area contributed by atoms with Crippen LogP contribution in [0.3, 0.4) is 0 Å². The zero-order valence-corrected chi connectivity index (χ0v) is 15.8. The van der Waals surface area contributed by atoms with E-state index in [0.29, 0.717) is 29.5 Å². The van der Waals surface area contributed by atoms with Crippen molar-refractivity contribution in [1.82, 2.24) is 0 Å². The first kappa shape index (κ1) is 22.4. The minimum Gasteiger partial charge on any atom is -0.356 e. The third kappa shape index (κ3) is 3.51. The van der Waals surface area contributed by atoms with E-state index in [-0.39, 0.29) is 16.3 Å². The van der Waals surface area contributed by atoms with Crippen LogP contribution >= 0.6 is 11.6 Å². The number of benzene rings is 2. The molecule has 0 aromatic heterocycles. The monoisotopic (exact) mass is 455 g/mol. The summed E-state index contributed by atoms with van der Waals surface area (Å²) in [6, 6.07) is 6.49. The van der Waals surface area contributed by atoms with E-state index >= 15 is 0 Å². The van der Waals surface area contributed by atoms with Crippen LogP contribution in [0.5, 0.6) is 0 Å². The van der Waals surface area contributed by atoms with Crippen LogP contribution in [0.2, 0.25) is 5.02 Å². The SMILES string of the molecule is Cc1cc(C(F)(C(F)(F)F)C(F)(F)F)ccc1NC1OC(C=O)c2c(Cl)cccc21. The topological polar surface area (TPSA) is 38.3 Å². The Bertz CT molecular complexity index is 960. The molecule has 0 bridgehead atoms. The van der Waals surface area contributed by atoms with Crippen molar-refractivity contribution in [3.05, 3.63) is 63.7 Å². The van der Waals surface area contributed by atoms with Gasteiger partial charge in [-0.2, -0.15) is 26.3 Å². The van der Waals surface area contributed by atoms with Gasteiger partial charge in [-0.15, -0.1) is 0 Å². The first-order chi connectivity index (χ1) is 13.8. The van der Waals surface area contributed by atoms with Gasteiger partial charge in [-0.25, -0.2) is 4.39 Å². The molecule has 0 aliphatic carbocycles. The van der Waals surface area contributed by atoms with Crippen LogP contribution in [0.25, 0.3) is 0 Å². The number of anilines is 1. The number of hydrogen-bond acceptors (Lipinski definition) is 3. The van der Waals surface area contributed by atoms with Crippen LogP contribution in [0.4, 0.5) is 36.4 Å². The molecule has 2 atom stereocenters. The summed E-state index contributed by atoms with van der Waals surface area (Å²) >= 11 is 6.08. The fraction of sp³-hybridized carbons (Fsp3) is 0.316. The van der Waals surface area contributed by atoms with Crippen LogP contribution in [0.1, 0.15) is 34.6 Å². The van der Waals surface area contributed by atoms with Crippen LogP contribution in [0, 0.1) is 6.92 Å². The van der Waals surface area contributed by atoms with Crippen molar-refractivity contribution in [1.29, 1.82) is 0 Å². The fourth-order valence-electron chi connectivity index (χ4n) is 3.25. The first-order valence-electron chi connectivity index (χ1n) is 8.40. The Morgan fingerprint density at radius 1 is 1.03 bits per heavy atom. The predicted octanol–water partition coefficient (Wildman–Crippen LogP) is 6.32. The molecular formula is C19H13ClF7NO2. The van der Waals surface area contributed by atoms with Crippen molar-refractivity contribution >= 4 is 23.6 Å². The number of aldehydes is 1. The van der Waals surface area contributed by atoms with E-state index in [1.54, 1.807) is 12.1 Å². The smallest absolute Gasteiger partial charge is 0.356 e. The minimum atomic E-state index is -6.20. The third-order valence-electron chi connectivity index (χ3n) is 4.75. The number of rotatable bonds is 4. The van der Waals surface area contributed by atoms with Crippen molar-refractivity contribution in [3.63, 3.8) is 0 Å². The molecular weight excluding hydrogens is 443 g/mol. The Balaban J connectivity index is 1.96. The van der Waals surface area contributed by atoms with E-state index in [1.165, 1.54) is 13.0 Å². The quantitative estimate of drug-likeness (QED) is 0.433. The molecule has 0 saturated heterocycles. The average Bonchev–Trinajstić information content (AvgIpc) is 3.00. The number of nitrogens with one attached hydrogen (secondary N) is 1. The Morgan fingerprint density at radius 3 is 2.20 bits per heavy atom. The van der Waals surface area contributed by atoms with Crippen molar-refractivity contribution in [3.8, 4) is 0 Å². The van der Waals surface area contributed by atoms with E-state index in [4.69, 9.17) is 16.3 Å². The second-order valence-corrected chi connectivity index (χ2v) is 7.05. The molecule has 0 amide bonds. The molecule has 30 heavy (non-hydrogen) atoms. The summed E-state index contributed by atoms with van der Waals surface area (Å²) in [5, 5.41) is 3.05. The van der Waals surface area contributed by atoms with Crippen LogP contribution in [-0.4, -0.2) is 18.6 Å². The third-order valence-corrected chi connectivity index (χ3v) is 5.08. The lowest BCUT2D eigenvalue weighted by Gasteiger charge is -2.31. The van der Waals surface area contributed by atoms with Gasteiger partial charge >= 0.3 is 18.0 Å². The lowest BCUT2D eigenvalue weighted by molar-refractivity contribution is -0.348. The van der Waals surface area contributed by atoms with Gasteiger partial charge in [0, 0.05) is 27.4 Å². The molecule has 2 aromatic carbocycles. The highest BCUT2D eigenvalue weighted by Crippen LogP contribution is 2.53. The second kappa shape index (κ2) is 7.42. The summed E-state index contributed by atoms with van der Waals surface area (Å²) in [7, 11) is 0. The van der Waals surface area contributed by atoms with Crippen molar-refractivity contribution in [2.45, 2.75) is 37.3 Å². The summed E-state index contributed by atoms with van der Waals surface area (Å²) in [5.41, 5.74) is -6.23. The summed E-state index contributed by atoms with van der Waals surface area (Å²) in [6.45, 7) is 1.21. The molecule has 162 valence electrons. The number of carbonyl (C=O) groups excluding carboxylic acids is 1. The largest absolute Gasteiger partial charge is 0.435 e. The Morgan fingerprint density at radius 2 is 1.67 bits per heavy atom. The molecule has 0 saturated carbocycles. The molecule has 11 heteroatoms. The van der Waals surface area contributed by atoms with Crippen molar-refractivity contribution in [2.75, 3.05) is 5.32 Å². The molecule has 1 aliphatic rings. The van der Waals surface area contributed by atoms with E-state index in [9.17, 15) is 35.5 Å². The van der Waals surface area contributed by atoms with Crippen LogP contribution < -0.4 is 5.32 Å². The maximum atomic E-state index is 14.2. The van der Waals surface area contributed by atoms with E-state index in [0.717, 1.165) is 6.07 Å². The van der Waals surface area contributed by atoms with Crippen molar-refractivity contribution < 1.29 is 40.3 Å². The number of hydrogen-bond donors (Lipinski definition) is 1. The lowest BCUT2D eigenvalue weighted by atomic mass is 9.92. The van der Waals surface area contributed by atoms with E-state index in [2.05, 4.69) is 5.32 Å². The average molecular weight is 456 g/mol. The molecule has 0 radical (unpaired) electrons. The Hall–Kier alpha value is -2.33. The zero-order valence-electron chi connectivity index (χ0n) is 15.0. The van der Waals surface area contributed by atoms with Gasteiger partial charge in [0.25, 0.3) is 0 Å². The molecule has 1 aliphatic heterocycles. The number of fused-ring (bicyclic) bond motifs is 1. The highest BCUT2D eigenvalue weighted by molar-refractivity contribution is 6.31. The standard InChI is InChI=1S/C19H13ClF7NO2/c1-9-7-10(17(21,18(22,23)24)19(25,26)27)5-6-13(9)28-16-11-3-2-4-12(20)15(11)14(8-29)30-16/h2-8,14,16,28H,1H3. The maximum absolute atomic E-state index is 14.2. The second-order valence-electron chi connectivity index (χ2n) is 6.64. The van der Waals surface area contributed by atoms with Gasteiger partial charge in [0.1, 0.15) is 6.10 Å². The Kier molecular flexibility index (Phi) is 5.53. The molecule has 0 fully saturated rings. The molecule has 1 N–H and O–H groups in total. The first-order valence-corrected chi connectivity index (χ1v) is 8.78. The van der Waals surface area contributed by atoms with E-state index in [1.807, 2.05) is 0 Å². The zero-order chi connectivity index (χ0) is 22.5.